The van der Waals surface area contributed by atoms with Crippen molar-refractivity contribution in [3.05, 3.63) is 247 Å². The molecule has 3 aromatic heterocycles. The van der Waals surface area contributed by atoms with Gasteiger partial charge in [-0.1, -0.05) is 206 Å². The molecular formula is C62H37N3O. The van der Waals surface area contributed by atoms with Crippen molar-refractivity contribution in [3.8, 4) is 78.7 Å². The Bertz CT molecular complexity index is 3880. The molecule has 9 aromatic carbocycles. The fraction of sp³-hybridized carbons (Fsp3) is 0.0161. The summed E-state index contributed by atoms with van der Waals surface area (Å²) in [5.74, 6) is 0.665. The fourth-order valence-corrected chi connectivity index (χ4v) is 11.1. The predicted octanol–water partition coefficient (Wildman–Crippen LogP) is 15.6. The number of aromatic nitrogens is 3. The molecule has 0 bridgehead atoms. The Morgan fingerprint density at radius 3 is 1.53 bits per heavy atom. The van der Waals surface area contributed by atoms with Gasteiger partial charge in [-0.25, -0.2) is 15.0 Å². The minimum absolute atomic E-state index is 0.476. The number of para-hydroxylation sites is 1. The van der Waals surface area contributed by atoms with Crippen LogP contribution in [0, 0.1) is 0 Å². The SMILES string of the molecule is c1ccc(-c2cc(-c3ccc(-c4cccc5oc6ccccc6c45)cc3)nc(-c3ccc(-c4nc5c(c6ccccc46)C4(c6ccccc6-c6ccccc64)c4ccccc4-5)cc3)n2)cc1. The van der Waals surface area contributed by atoms with Crippen molar-refractivity contribution in [2.45, 2.75) is 5.41 Å². The number of hydrogen-bond donors (Lipinski definition) is 0. The average Bonchev–Trinajstić information content (AvgIpc) is 4.03. The van der Waals surface area contributed by atoms with Crippen LogP contribution in [0.15, 0.2) is 229 Å². The summed E-state index contributed by atoms with van der Waals surface area (Å²) in [6.45, 7) is 0. The molecule has 2 aliphatic carbocycles. The Kier molecular flexibility index (Phi) is 7.87. The van der Waals surface area contributed by atoms with E-state index in [4.69, 9.17) is 19.4 Å². The maximum Gasteiger partial charge on any atom is 0.160 e. The predicted molar refractivity (Wildman–Crippen MR) is 268 cm³/mol. The molecule has 0 amide bonds. The first kappa shape index (κ1) is 36.7. The molecule has 4 heteroatoms. The van der Waals surface area contributed by atoms with Crippen LogP contribution in [-0.2, 0) is 5.41 Å². The van der Waals surface area contributed by atoms with Crippen molar-refractivity contribution in [1.82, 2.24) is 15.0 Å². The minimum atomic E-state index is -0.476. The highest BCUT2D eigenvalue weighted by atomic mass is 16.3. The van der Waals surface area contributed by atoms with E-state index in [2.05, 4.69) is 200 Å². The van der Waals surface area contributed by atoms with Gasteiger partial charge in [-0.15, -0.1) is 0 Å². The first-order valence-electron chi connectivity index (χ1n) is 22.5. The topological polar surface area (TPSA) is 51.8 Å². The van der Waals surface area contributed by atoms with Crippen LogP contribution < -0.4 is 0 Å². The Balaban J connectivity index is 0.888. The second-order valence-corrected chi connectivity index (χ2v) is 17.4. The summed E-state index contributed by atoms with van der Waals surface area (Å²) in [5, 5.41) is 4.59. The number of furan rings is 1. The van der Waals surface area contributed by atoms with E-state index in [0.29, 0.717) is 5.82 Å². The van der Waals surface area contributed by atoms with Crippen molar-refractivity contribution in [1.29, 1.82) is 0 Å². The Labute approximate surface area is 381 Å². The molecule has 12 aromatic rings. The van der Waals surface area contributed by atoms with E-state index in [1.807, 2.05) is 24.3 Å². The van der Waals surface area contributed by atoms with E-state index >= 15 is 0 Å². The van der Waals surface area contributed by atoms with Gasteiger partial charge in [-0.3, -0.25) is 0 Å². The lowest BCUT2D eigenvalue weighted by Crippen LogP contribution is -2.26. The van der Waals surface area contributed by atoms with Crippen LogP contribution in [0.25, 0.3) is 111 Å². The molecule has 0 unspecified atom stereocenters. The second kappa shape index (κ2) is 14.1. The minimum Gasteiger partial charge on any atom is -0.456 e. The summed E-state index contributed by atoms with van der Waals surface area (Å²) < 4.78 is 6.22. The summed E-state index contributed by atoms with van der Waals surface area (Å²) in [6, 6.07) is 79.9. The van der Waals surface area contributed by atoms with Crippen molar-refractivity contribution < 1.29 is 4.42 Å². The van der Waals surface area contributed by atoms with Gasteiger partial charge in [0.15, 0.2) is 5.82 Å². The van der Waals surface area contributed by atoms with Crippen molar-refractivity contribution in [2.75, 3.05) is 0 Å². The van der Waals surface area contributed by atoms with Crippen molar-refractivity contribution in [2.24, 2.45) is 0 Å². The third kappa shape index (κ3) is 5.24. The van der Waals surface area contributed by atoms with Gasteiger partial charge in [0.05, 0.1) is 28.2 Å². The molecule has 14 rings (SSSR count). The van der Waals surface area contributed by atoms with Crippen LogP contribution in [-0.4, -0.2) is 15.0 Å². The molecule has 0 atom stereocenters. The van der Waals surface area contributed by atoms with Gasteiger partial charge in [-0.2, -0.15) is 0 Å². The largest absolute Gasteiger partial charge is 0.456 e. The van der Waals surface area contributed by atoms with E-state index in [0.717, 1.165) is 83.5 Å². The lowest BCUT2D eigenvalue weighted by molar-refractivity contribution is 0.669. The van der Waals surface area contributed by atoms with Crippen LogP contribution in [0.1, 0.15) is 22.3 Å². The lowest BCUT2D eigenvalue weighted by atomic mass is 9.69. The Hall–Kier alpha value is -8.73. The lowest BCUT2D eigenvalue weighted by Gasteiger charge is -2.31. The van der Waals surface area contributed by atoms with Crippen molar-refractivity contribution in [3.63, 3.8) is 0 Å². The number of hydrogen-bond acceptors (Lipinski definition) is 4. The maximum absolute atomic E-state index is 6.22. The second-order valence-electron chi connectivity index (χ2n) is 17.4. The summed E-state index contributed by atoms with van der Waals surface area (Å²) in [6.07, 6.45) is 0. The molecule has 306 valence electrons. The molecule has 1 spiro atoms. The zero-order valence-electron chi connectivity index (χ0n) is 35.6. The summed E-state index contributed by atoms with van der Waals surface area (Å²) in [7, 11) is 0. The van der Waals surface area contributed by atoms with Gasteiger partial charge in [0.1, 0.15) is 11.2 Å². The first-order chi connectivity index (χ1) is 32.7. The zero-order chi connectivity index (χ0) is 43.3. The highest BCUT2D eigenvalue weighted by Gasteiger charge is 2.53. The van der Waals surface area contributed by atoms with Crippen LogP contribution in [0.2, 0.25) is 0 Å². The number of benzene rings is 9. The molecule has 66 heavy (non-hydrogen) atoms. The van der Waals surface area contributed by atoms with Crippen LogP contribution in [0.5, 0.6) is 0 Å². The summed E-state index contributed by atoms with van der Waals surface area (Å²) >= 11 is 0. The van der Waals surface area contributed by atoms with Gasteiger partial charge in [-0.05, 0) is 62.5 Å². The van der Waals surface area contributed by atoms with Gasteiger partial charge in [0.2, 0.25) is 0 Å². The van der Waals surface area contributed by atoms with Gasteiger partial charge in [0, 0.05) is 49.5 Å². The maximum atomic E-state index is 6.22. The molecular weight excluding hydrogens is 803 g/mol. The van der Waals surface area contributed by atoms with Gasteiger partial charge in [0.25, 0.3) is 0 Å². The molecule has 0 saturated heterocycles. The van der Waals surface area contributed by atoms with Gasteiger partial charge >= 0.3 is 0 Å². The van der Waals surface area contributed by atoms with E-state index in [9.17, 15) is 0 Å². The molecule has 0 fully saturated rings. The third-order valence-corrected chi connectivity index (χ3v) is 13.9. The van der Waals surface area contributed by atoms with E-state index < -0.39 is 5.41 Å². The van der Waals surface area contributed by atoms with Crippen molar-refractivity contribution >= 4 is 32.7 Å². The molecule has 0 aliphatic heterocycles. The van der Waals surface area contributed by atoms with E-state index in [-0.39, 0.29) is 0 Å². The van der Waals surface area contributed by atoms with Crippen LogP contribution in [0.4, 0.5) is 0 Å². The Morgan fingerprint density at radius 1 is 0.318 bits per heavy atom. The number of pyridine rings is 1. The molecule has 2 aliphatic rings. The summed E-state index contributed by atoms with van der Waals surface area (Å²) in [5.41, 5.74) is 20.2. The normalized spacial score (nSPS) is 13.0. The van der Waals surface area contributed by atoms with E-state index in [1.54, 1.807) is 0 Å². The number of nitrogens with zero attached hydrogens (tertiary/aromatic N) is 3. The molecule has 0 radical (unpaired) electrons. The quantitative estimate of drug-likeness (QED) is 0.173. The summed E-state index contributed by atoms with van der Waals surface area (Å²) in [4.78, 5) is 16.1. The van der Waals surface area contributed by atoms with Gasteiger partial charge < -0.3 is 4.42 Å². The number of rotatable bonds is 5. The smallest absolute Gasteiger partial charge is 0.160 e. The molecule has 0 saturated carbocycles. The Morgan fingerprint density at radius 2 is 0.818 bits per heavy atom. The molecule has 4 nitrogen and oxygen atoms in total. The fourth-order valence-electron chi connectivity index (χ4n) is 11.1. The van der Waals surface area contributed by atoms with Crippen LogP contribution >= 0.6 is 0 Å². The van der Waals surface area contributed by atoms with E-state index in [1.165, 1.54) is 44.3 Å². The highest BCUT2D eigenvalue weighted by molar-refractivity contribution is 6.12. The number of fused-ring (bicyclic) bond motifs is 15. The third-order valence-electron chi connectivity index (χ3n) is 13.9. The first-order valence-corrected chi connectivity index (χ1v) is 22.5. The average molecular weight is 840 g/mol. The van der Waals surface area contributed by atoms with Crippen LogP contribution in [0.3, 0.4) is 0 Å². The standard InChI is InChI=1S/C62H37N3O/c1-2-15-39(16-3-1)53-37-54(40-31-29-38(30-32-40)43-23-14-28-56-57(43)49-22-9-13-27-55(49)66-56)64-61(63-53)42-35-33-41(34-36-42)59-47-20-5-4-19-46(47)58-60(65-59)48-21-8-12-26-52(48)62(58)50-24-10-6-17-44(50)45-18-7-11-25-51(45)62/h1-37H. The highest BCUT2D eigenvalue weighted by Crippen LogP contribution is 2.64. The zero-order valence-corrected chi connectivity index (χ0v) is 35.6. The molecule has 0 N–H and O–H groups in total. The monoisotopic (exact) mass is 839 g/mol. The molecule has 3 heterocycles.